The van der Waals surface area contributed by atoms with Crippen molar-refractivity contribution in [1.29, 1.82) is 0 Å². The average molecular weight is 687 g/mol. The number of likely N-dealkylation sites (tertiary alicyclic amines) is 3. The quantitative estimate of drug-likeness (QED) is 0.361. The largest absolute Gasteiger partial charge is 0.384 e. The molecule has 13 heteroatoms. The molecule has 266 valence electrons. The lowest BCUT2D eigenvalue weighted by Gasteiger charge is -2.50. The summed E-state index contributed by atoms with van der Waals surface area (Å²) in [6, 6.07) is -0.640. The number of rotatable bonds is 11. The molecule has 1 aromatic rings. The van der Waals surface area contributed by atoms with Gasteiger partial charge in [-0.15, -0.1) is 11.3 Å². The lowest BCUT2D eigenvalue weighted by atomic mass is 9.70. The molecule has 4 amide bonds. The van der Waals surface area contributed by atoms with Crippen molar-refractivity contribution < 1.29 is 28.7 Å². The van der Waals surface area contributed by atoms with E-state index in [0.717, 1.165) is 44.9 Å². The molecular formula is C35H54N6O6S. The van der Waals surface area contributed by atoms with E-state index in [1.54, 1.807) is 23.7 Å². The molecule has 1 spiro atoms. The second-order valence-corrected chi connectivity index (χ2v) is 16.8. The summed E-state index contributed by atoms with van der Waals surface area (Å²) >= 11 is 1.28. The molecule has 3 N–H and O–H groups in total. The van der Waals surface area contributed by atoms with Crippen molar-refractivity contribution in [2.45, 2.75) is 83.9 Å². The van der Waals surface area contributed by atoms with Crippen LogP contribution < -0.4 is 11.1 Å². The molecule has 3 aliphatic heterocycles. The van der Waals surface area contributed by atoms with E-state index in [4.69, 9.17) is 15.2 Å². The number of carbonyl (C=O) groups is 4. The molecule has 4 heterocycles. The maximum Gasteiger partial charge on any atom is 0.265 e. The van der Waals surface area contributed by atoms with Crippen LogP contribution in [0.3, 0.4) is 0 Å². The zero-order chi connectivity index (χ0) is 34.2. The van der Waals surface area contributed by atoms with Crippen LogP contribution in [0, 0.1) is 34.5 Å². The zero-order valence-electron chi connectivity index (χ0n) is 29.0. The highest BCUT2D eigenvalue weighted by Crippen LogP contribution is 2.54. The van der Waals surface area contributed by atoms with Gasteiger partial charge in [0.2, 0.25) is 17.7 Å². The maximum absolute atomic E-state index is 14.4. The van der Waals surface area contributed by atoms with Crippen LogP contribution in [-0.2, 0) is 23.9 Å². The number of ether oxygens (including phenoxy) is 2. The Morgan fingerprint density at radius 3 is 2.35 bits per heavy atom. The summed E-state index contributed by atoms with van der Waals surface area (Å²) in [5.41, 5.74) is 7.18. The summed E-state index contributed by atoms with van der Waals surface area (Å²) in [4.78, 5) is 65.5. The van der Waals surface area contributed by atoms with Crippen LogP contribution in [0.1, 0.15) is 75.4 Å². The number of hydrogen-bond donors (Lipinski definition) is 2. The van der Waals surface area contributed by atoms with E-state index >= 15 is 0 Å². The molecule has 48 heavy (non-hydrogen) atoms. The Kier molecular flexibility index (Phi) is 10.5. The first-order chi connectivity index (χ1) is 22.9. The fourth-order valence-electron chi connectivity index (χ4n) is 8.47. The molecule has 5 atom stereocenters. The number of carbonyl (C=O) groups excluding carboxylic acids is 4. The van der Waals surface area contributed by atoms with Gasteiger partial charge < -0.3 is 35.2 Å². The van der Waals surface area contributed by atoms with Crippen molar-refractivity contribution in [2.24, 2.45) is 40.2 Å². The van der Waals surface area contributed by atoms with Crippen LogP contribution in [-0.4, -0.2) is 121 Å². The zero-order valence-corrected chi connectivity index (χ0v) is 29.8. The molecule has 0 radical (unpaired) electrons. The number of aromatic nitrogens is 1. The van der Waals surface area contributed by atoms with Crippen LogP contribution in [0.5, 0.6) is 0 Å². The van der Waals surface area contributed by atoms with Gasteiger partial charge in [-0.3, -0.25) is 24.2 Å². The molecule has 1 aromatic heterocycles. The first kappa shape index (κ1) is 35.2. The molecular weight excluding hydrogens is 632 g/mol. The summed E-state index contributed by atoms with van der Waals surface area (Å²) in [5.74, 6) is -0.393. The minimum Gasteiger partial charge on any atom is -0.384 e. The molecule has 2 saturated carbocycles. The van der Waals surface area contributed by atoms with Gasteiger partial charge in [0.15, 0.2) is 0 Å². The summed E-state index contributed by atoms with van der Waals surface area (Å²) in [7, 11) is 1.68. The standard InChI is InChI=1S/C35H54N6O6S/c1-22(47-17-23-7-9-25(36)10-8-23)29(33(45)39-11-5-6-24(14-39)16-46-4)38-30(42)27-15-40(32(44)28-13-37-21-48-28)18-35(27)19-41(20-35)31(43)26-12-34(26,2)3/h13,21-27,29H,5-12,14-20,36H2,1-4H3,(H,38,42)/t22-,23?,24+,25?,26-,27+,29+/m1/s1. The summed E-state index contributed by atoms with van der Waals surface area (Å²) in [5, 5.41) is 3.15. The fraction of sp³-hybridized carbons (Fsp3) is 0.800. The predicted octanol–water partition coefficient (Wildman–Crippen LogP) is 2.38. The highest BCUT2D eigenvalue weighted by Gasteiger charge is 2.62. The Morgan fingerprint density at radius 1 is 1.00 bits per heavy atom. The molecule has 2 aliphatic carbocycles. The van der Waals surface area contributed by atoms with Crippen molar-refractivity contribution in [3.8, 4) is 0 Å². The fourth-order valence-corrected chi connectivity index (χ4v) is 9.05. The first-order valence-electron chi connectivity index (χ1n) is 17.8. The number of nitrogens with two attached hydrogens (primary N) is 1. The molecule has 5 aliphatic rings. The second kappa shape index (κ2) is 14.3. The van der Waals surface area contributed by atoms with Crippen molar-refractivity contribution >= 4 is 35.0 Å². The van der Waals surface area contributed by atoms with Gasteiger partial charge in [0.25, 0.3) is 5.91 Å². The minimum absolute atomic E-state index is 0.00448. The van der Waals surface area contributed by atoms with Crippen LogP contribution in [0.25, 0.3) is 0 Å². The van der Waals surface area contributed by atoms with E-state index in [1.165, 1.54) is 11.3 Å². The third kappa shape index (κ3) is 7.44. The van der Waals surface area contributed by atoms with E-state index in [9.17, 15) is 19.2 Å². The number of methoxy groups -OCH3 is 1. The van der Waals surface area contributed by atoms with Gasteiger partial charge in [-0.1, -0.05) is 13.8 Å². The summed E-state index contributed by atoms with van der Waals surface area (Å²) < 4.78 is 11.8. The number of nitrogens with zero attached hydrogens (tertiary/aromatic N) is 4. The summed E-state index contributed by atoms with van der Waals surface area (Å²) in [6.07, 6.45) is 7.66. The van der Waals surface area contributed by atoms with Crippen LogP contribution in [0.2, 0.25) is 0 Å². The molecule has 0 unspecified atom stereocenters. The number of thiazole rings is 1. The SMILES string of the molecule is COC[C@H]1CCCN(C(=O)[C@@H](NC(=O)[C@@H]2CN(C(=O)c3cncs3)CC23CN(C(=O)[C@H]2CC2(C)C)C3)[C@@H](C)OCC2CCC(N)CC2)C1. The third-order valence-electron chi connectivity index (χ3n) is 11.8. The Bertz CT molecular complexity index is 1320. The average Bonchev–Trinajstić information content (AvgIpc) is 3.40. The van der Waals surface area contributed by atoms with Crippen LogP contribution in [0.15, 0.2) is 11.7 Å². The number of nitrogens with one attached hydrogen (secondary N) is 1. The molecule has 12 nitrogen and oxygen atoms in total. The molecule has 6 rings (SSSR count). The normalized spacial score (nSPS) is 30.4. The molecule has 0 bridgehead atoms. The number of amides is 4. The van der Waals surface area contributed by atoms with Crippen molar-refractivity contribution in [3.63, 3.8) is 0 Å². The molecule has 0 aromatic carbocycles. The maximum atomic E-state index is 14.4. The van der Waals surface area contributed by atoms with Gasteiger partial charge in [-0.25, -0.2) is 0 Å². The van der Waals surface area contributed by atoms with Gasteiger partial charge in [0.05, 0.1) is 30.3 Å². The second-order valence-electron chi connectivity index (χ2n) is 16.0. The number of piperidine rings is 1. The monoisotopic (exact) mass is 686 g/mol. The van der Waals surface area contributed by atoms with E-state index in [0.29, 0.717) is 56.7 Å². The van der Waals surface area contributed by atoms with E-state index < -0.39 is 23.5 Å². The lowest BCUT2D eigenvalue weighted by molar-refractivity contribution is -0.153. The molecule has 3 saturated heterocycles. The smallest absolute Gasteiger partial charge is 0.265 e. The highest BCUT2D eigenvalue weighted by atomic mass is 32.1. The van der Waals surface area contributed by atoms with Gasteiger partial charge >= 0.3 is 0 Å². The van der Waals surface area contributed by atoms with Crippen LogP contribution >= 0.6 is 11.3 Å². The Balaban J connectivity index is 1.19. The van der Waals surface area contributed by atoms with Gasteiger partial charge in [0.1, 0.15) is 10.9 Å². The topological polar surface area (TPSA) is 147 Å². The van der Waals surface area contributed by atoms with Crippen molar-refractivity contribution in [1.82, 2.24) is 25.0 Å². The molecule has 5 fully saturated rings. The van der Waals surface area contributed by atoms with E-state index in [1.807, 2.05) is 16.7 Å². The Labute approximate surface area is 288 Å². The number of hydrogen-bond acceptors (Lipinski definition) is 9. The van der Waals surface area contributed by atoms with Crippen molar-refractivity contribution in [2.75, 3.05) is 59.6 Å². The first-order valence-corrected chi connectivity index (χ1v) is 18.7. The third-order valence-corrected chi connectivity index (χ3v) is 12.5. The Morgan fingerprint density at radius 2 is 1.71 bits per heavy atom. The predicted molar refractivity (Wildman–Crippen MR) is 181 cm³/mol. The van der Waals surface area contributed by atoms with Gasteiger partial charge in [-0.05, 0) is 69.1 Å². The van der Waals surface area contributed by atoms with E-state index in [2.05, 4.69) is 24.1 Å². The van der Waals surface area contributed by atoms with E-state index in [-0.39, 0.29) is 53.5 Å². The van der Waals surface area contributed by atoms with Gasteiger partial charge in [-0.2, -0.15) is 0 Å². The van der Waals surface area contributed by atoms with Gasteiger partial charge in [0, 0.05) is 70.4 Å². The summed E-state index contributed by atoms with van der Waals surface area (Å²) in [6.45, 7) is 9.81. The minimum atomic E-state index is -0.877. The van der Waals surface area contributed by atoms with Crippen molar-refractivity contribution in [3.05, 3.63) is 16.6 Å². The lowest BCUT2D eigenvalue weighted by Crippen LogP contribution is -2.65. The highest BCUT2D eigenvalue weighted by molar-refractivity contribution is 7.11. The van der Waals surface area contributed by atoms with Crippen LogP contribution in [0.4, 0.5) is 0 Å². The Hall–Kier alpha value is -2.61.